The van der Waals surface area contributed by atoms with Crippen LogP contribution in [0, 0.1) is 11.3 Å². The summed E-state index contributed by atoms with van der Waals surface area (Å²) >= 11 is 0. The Labute approximate surface area is 127 Å². The van der Waals surface area contributed by atoms with Crippen LogP contribution < -0.4 is 11.1 Å². The van der Waals surface area contributed by atoms with E-state index in [1.807, 2.05) is 6.92 Å². The molecule has 3 N–H and O–H groups in total. The van der Waals surface area contributed by atoms with Crippen molar-refractivity contribution < 1.29 is 14.3 Å². The summed E-state index contributed by atoms with van der Waals surface area (Å²) < 4.78 is 5.06. The molecule has 5 nitrogen and oxygen atoms in total. The standard InChI is InChI=1S/C16H28N2O3/c1-2-21-15(20)12-4-6-13(7-5-12)18-14(19)10-16(11-17)8-3-9-16/h12-13H,2-11,17H2,1H3,(H,18,19). The Balaban J connectivity index is 1.71. The zero-order valence-corrected chi connectivity index (χ0v) is 13.0. The summed E-state index contributed by atoms with van der Waals surface area (Å²) in [5.41, 5.74) is 5.86. The molecule has 0 aromatic rings. The molecule has 0 aromatic heterocycles. The molecule has 2 rings (SSSR count). The molecule has 0 spiro atoms. The normalized spacial score (nSPS) is 27.5. The van der Waals surface area contributed by atoms with Crippen molar-refractivity contribution in [2.75, 3.05) is 13.2 Å². The van der Waals surface area contributed by atoms with Crippen LogP contribution in [0.5, 0.6) is 0 Å². The topological polar surface area (TPSA) is 81.4 Å². The molecular formula is C16H28N2O3. The lowest BCUT2D eigenvalue weighted by molar-refractivity contribution is -0.149. The zero-order chi connectivity index (χ0) is 15.3. The summed E-state index contributed by atoms with van der Waals surface area (Å²) in [7, 11) is 0. The van der Waals surface area contributed by atoms with E-state index < -0.39 is 0 Å². The fourth-order valence-electron chi connectivity index (χ4n) is 3.48. The average molecular weight is 296 g/mol. The number of rotatable bonds is 6. The quantitative estimate of drug-likeness (QED) is 0.732. The number of hydrogen-bond acceptors (Lipinski definition) is 4. The second-order valence-corrected chi connectivity index (χ2v) is 6.60. The maximum absolute atomic E-state index is 12.1. The Morgan fingerprint density at radius 2 is 1.90 bits per heavy atom. The monoisotopic (exact) mass is 296 g/mol. The Morgan fingerprint density at radius 3 is 2.38 bits per heavy atom. The van der Waals surface area contributed by atoms with Gasteiger partial charge in [0.1, 0.15) is 0 Å². The van der Waals surface area contributed by atoms with Gasteiger partial charge in [0.2, 0.25) is 5.91 Å². The Kier molecular flexibility index (Phi) is 5.62. The highest BCUT2D eigenvalue weighted by Crippen LogP contribution is 2.42. The fraction of sp³-hybridized carbons (Fsp3) is 0.875. The molecular weight excluding hydrogens is 268 g/mol. The van der Waals surface area contributed by atoms with Gasteiger partial charge in [0.15, 0.2) is 0 Å². The Bertz CT molecular complexity index is 366. The molecule has 0 unspecified atom stereocenters. The van der Waals surface area contributed by atoms with E-state index in [0.717, 1.165) is 38.5 Å². The molecule has 5 heteroatoms. The van der Waals surface area contributed by atoms with Gasteiger partial charge in [-0.05, 0) is 57.4 Å². The van der Waals surface area contributed by atoms with Gasteiger partial charge >= 0.3 is 5.97 Å². The molecule has 120 valence electrons. The van der Waals surface area contributed by atoms with Gasteiger partial charge in [0.25, 0.3) is 0 Å². The number of esters is 1. The van der Waals surface area contributed by atoms with Crippen LogP contribution in [0.15, 0.2) is 0 Å². The van der Waals surface area contributed by atoms with Crippen molar-refractivity contribution >= 4 is 11.9 Å². The van der Waals surface area contributed by atoms with Crippen molar-refractivity contribution in [3.8, 4) is 0 Å². The van der Waals surface area contributed by atoms with Gasteiger partial charge in [-0.3, -0.25) is 9.59 Å². The molecule has 0 atom stereocenters. The zero-order valence-electron chi connectivity index (χ0n) is 13.0. The molecule has 21 heavy (non-hydrogen) atoms. The van der Waals surface area contributed by atoms with Crippen molar-refractivity contribution in [2.45, 2.75) is 64.3 Å². The molecule has 0 heterocycles. The minimum Gasteiger partial charge on any atom is -0.466 e. The number of carbonyl (C=O) groups is 2. The van der Waals surface area contributed by atoms with E-state index in [0.29, 0.717) is 19.6 Å². The van der Waals surface area contributed by atoms with Gasteiger partial charge in [-0.25, -0.2) is 0 Å². The van der Waals surface area contributed by atoms with Crippen LogP contribution in [0.2, 0.25) is 0 Å². The first-order valence-corrected chi connectivity index (χ1v) is 8.24. The van der Waals surface area contributed by atoms with Gasteiger partial charge < -0.3 is 15.8 Å². The van der Waals surface area contributed by atoms with E-state index in [1.54, 1.807) is 0 Å². The lowest BCUT2D eigenvalue weighted by Gasteiger charge is -2.41. The van der Waals surface area contributed by atoms with Crippen molar-refractivity contribution in [1.82, 2.24) is 5.32 Å². The number of ether oxygens (including phenoxy) is 1. The van der Waals surface area contributed by atoms with E-state index in [2.05, 4.69) is 5.32 Å². The lowest BCUT2D eigenvalue weighted by Crippen LogP contribution is -2.45. The minimum atomic E-state index is -0.0844. The summed E-state index contributed by atoms with van der Waals surface area (Å²) in [5.74, 6) is 0.0543. The molecule has 0 bridgehead atoms. The minimum absolute atomic E-state index is 0.0140. The fourth-order valence-corrected chi connectivity index (χ4v) is 3.48. The van der Waals surface area contributed by atoms with E-state index in [4.69, 9.17) is 10.5 Å². The second-order valence-electron chi connectivity index (χ2n) is 6.60. The molecule has 2 aliphatic rings. The van der Waals surface area contributed by atoms with Crippen LogP contribution in [0.3, 0.4) is 0 Å². The highest BCUT2D eigenvalue weighted by atomic mass is 16.5. The Morgan fingerprint density at radius 1 is 1.24 bits per heavy atom. The number of nitrogens with one attached hydrogen (secondary N) is 1. The summed E-state index contributed by atoms with van der Waals surface area (Å²) in [6, 6.07) is 0.207. The third-order valence-corrected chi connectivity index (χ3v) is 5.10. The first-order chi connectivity index (χ1) is 10.1. The van der Waals surface area contributed by atoms with Gasteiger partial charge in [0, 0.05) is 12.5 Å². The van der Waals surface area contributed by atoms with Crippen LogP contribution >= 0.6 is 0 Å². The van der Waals surface area contributed by atoms with Gasteiger partial charge in [-0.2, -0.15) is 0 Å². The van der Waals surface area contributed by atoms with Crippen LogP contribution in [0.25, 0.3) is 0 Å². The maximum Gasteiger partial charge on any atom is 0.308 e. The summed E-state index contributed by atoms with van der Waals surface area (Å²) in [4.78, 5) is 23.8. The summed E-state index contributed by atoms with van der Waals surface area (Å²) in [5, 5.41) is 3.12. The molecule has 0 aromatic carbocycles. The molecule has 0 radical (unpaired) electrons. The molecule has 0 saturated heterocycles. The van der Waals surface area contributed by atoms with Gasteiger partial charge in [-0.15, -0.1) is 0 Å². The SMILES string of the molecule is CCOC(=O)C1CCC(NC(=O)CC2(CN)CCC2)CC1. The summed E-state index contributed by atoms with van der Waals surface area (Å²) in [6.45, 7) is 2.88. The van der Waals surface area contributed by atoms with Crippen molar-refractivity contribution in [2.24, 2.45) is 17.1 Å². The number of nitrogens with two attached hydrogens (primary N) is 1. The summed E-state index contributed by atoms with van der Waals surface area (Å²) in [6.07, 6.45) is 7.25. The van der Waals surface area contributed by atoms with E-state index in [-0.39, 0.29) is 29.3 Å². The van der Waals surface area contributed by atoms with Gasteiger partial charge in [0.05, 0.1) is 12.5 Å². The van der Waals surface area contributed by atoms with Crippen LogP contribution in [-0.2, 0) is 14.3 Å². The predicted molar refractivity (Wildman–Crippen MR) is 80.5 cm³/mol. The third kappa shape index (κ3) is 4.19. The largest absolute Gasteiger partial charge is 0.466 e. The smallest absolute Gasteiger partial charge is 0.308 e. The molecule has 2 aliphatic carbocycles. The molecule has 2 fully saturated rings. The highest BCUT2D eigenvalue weighted by molar-refractivity contribution is 5.77. The molecule has 2 saturated carbocycles. The lowest BCUT2D eigenvalue weighted by atomic mass is 9.66. The van der Waals surface area contributed by atoms with Gasteiger partial charge in [-0.1, -0.05) is 6.42 Å². The number of carbonyl (C=O) groups excluding carboxylic acids is 2. The first-order valence-electron chi connectivity index (χ1n) is 8.24. The third-order valence-electron chi connectivity index (χ3n) is 5.10. The average Bonchev–Trinajstić information content (AvgIpc) is 2.44. The van der Waals surface area contributed by atoms with Crippen molar-refractivity contribution in [3.63, 3.8) is 0 Å². The predicted octanol–water partition coefficient (Wildman–Crippen LogP) is 1.74. The van der Waals surface area contributed by atoms with Crippen molar-refractivity contribution in [3.05, 3.63) is 0 Å². The Hall–Kier alpha value is -1.10. The van der Waals surface area contributed by atoms with E-state index >= 15 is 0 Å². The van der Waals surface area contributed by atoms with Crippen LogP contribution in [0.1, 0.15) is 58.3 Å². The number of amides is 1. The molecule has 1 amide bonds. The second kappa shape index (κ2) is 7.25. The highest BCUT2D eigenvalue weighted by Gasteiger charge is 2.38. The van der Waals surface area contributed by atoms with Crippen molar-refractivity contribution in [1.29, 1.82) is 0 Å². The first kappa shape index (κ1) is 16.3. The molecule has 0 aliphatic heterocycles. The van der Waals surface area contributed by atoms with E-state index in [1.165, 1.54) is 6.42 Å². The van der Waals surface area contributed by atoms with Crippen LogP contribution in [-0.4, -0.2) is 31.1 Å². The van der Waals surface area contributed by atoms with Crippen LogP contribution in [0.4, 0.5) is 0 Å². The number of hydrogen-bond donors (Lipinski definition) is 2. The maximum atomic E-state index is 12.1. The van der Waals surface area contributed by atoms with E-state index in [9.17, 15) is 9.59 Å².